The third kappa shape index (κ3) is 2.56. The molecule has 1 unspecified atom stereocenters. The quantitative estimate of drug-likeness (QED) is 0.765. The Bertz CT molecular complexity index is 430. The molecule has 1 aliphatic heterocycles. The van der Waals surface area contributed by atoms with Crippen LogP contribution >= 0.6 is 0 Å². The summed E-state index contributed by atoms with van der Waals surface area (Å²) in [6.45, 7) is 7.24. The van der Waals surface area contributed by atoms with Crippen LogP contribution in [0, 0.1) is 0 Å². The van der Waals surface area contributed by atoms with E-state index >= 15 is 0 Å². The van der Waals surface area contributed by atoms with Crippen LogP contribution in [0.2, 0.25) is 0 Å². The van der Waals surface area contributed by atoms with Crippen molar-refractivity contribution in [1.29, 1.82) is 0 Å². The summed E-state index contributed by atoms with van der Waals surface area (Å²) in [6, 6.07) is 8.45. The fourth-order valence-electron chi connectivity index (χ4n) is 2.65. The van der Waals surface area contributed by atoms with Crippen molar-refractivity contribution in [1.82, 2.24) is 4.90 Å². The lowest BCUT2D eigenvalue weighted by Crippen LogP contribution is -2.50. The summed E-state index contributed by atoms with van der Waals surface area (Å²) in [7, 11) is 2.15. The highest BCUT2D eigenvalue weighted by atomic mass is 16.1. The Hall–Kier alpha value is -1.35. The summed E-state index contributed by atoms with van der Waals surface area (Å²) < 4.78 is 0. The minimum Gasteiger partial charge on any atom is -0.366 e. The number of likely N-dealkylation sites (N-methyl/N-ethyl adjacent to an activating group) is 1. The van der Waals surface area contributed by atoms with Crippen LogP contribution in [-0.4, -0.2) is 43.4 Å². The highest BCUT2D eigenvalue weighted by Gasteiger charge is 2.24. The molecule has 98 valence electrons. The standard InChI is InChI=1S/C15H22N2O/c1-4-15(18)13-7-5-6-8-14(13)17-10-9-16(3)11-12(17)2/h5-8,12H,4,9-11H2,1-3H3. The zero-order valence-electron chi connectivity index (χ0n) is 11.5. The van der Waals surface area contributed by atoms with Gasteiger partial charge >= 0.3 is 0 Å². The van der Waals surface area contributed by atoms with Gasteiger partial charge in [0.15, 0.2) is 5.78 Å². The molecule has 1 heterocycles. The molecule has 0 N–H and O–H groups in total. The molecular weight excluding hydrogens is 224 g/mol. The lowest BCUT2D eigenvalue weighted by atomic mass is 10.0. The number of hydrogen-bond donors (Lipinski definition) is 0. The van der Waals surface area contributed by atoms with E-state index < -0.39 is 0 Å². The average Bonchev–Trinajstić information content (AvgIpc) is 2.38. The first kappa shape index (κ1) is 13.1. The van der Waals surface area contributed by atoms with Crippen LogP contribution in [0.25, 0.3) is 0 Å². The van der Waals surface area contributed by atoms with E-state index in [1.165, 1.54) is 0 Å². The van der Waals surface area contributed by atoms with Crippen LogP contribution in [0.15, 0.2) is 24.3 Å². The van der Waals surface area contributed by atoms with Crippen molar-refractivity contribution in [2.24, 2.45) is 0 Å². The third-order valence-electron chi connectivity index (χ3n) is 3.67. The van der Waals surface area contributed by atoms with Gasteiger partial charge in [-0.1, -0.05) is 19.1 Å². The van der Waals surface area contributed by atoms with E-state index in [4.69, 9.17) is 0 Å². The number of carbonyl (C=O) groups is 1. The molecule has 1 aromatic rings. The van der Waals surface area contributed by atoms with E-state index in [-0.39, 0.29) is 5.78 Å². The number of benzene rings is 1. The molecule has 2 rings (SSSR count). The van der Waals surface area contributed by atoms with Gasteiger partial charge in [0.05, 0.1) is 0 Å². The SMILES string of the molecule is CCC(=O)c1ccccc1N1CCN(C)CC1C. The van der Waals surface area contributed by atoms with Crippen molar-refractivity contribution in [3.05, 3.63) is 29.8 Å². The first-order valence-electron chi connectivity index (χ1n) is 6.71. The molecular formula is C15H22N2O. The van der Waals surface area contributed by atoms with Gasteiger partial charge in [-0.25, -0.2) is 0 Å². The summed E-state index contributed by atoms with van der Waals surface area (Å²) in [5.74, 6) is 0.233. The molecule has 0 amide bonds. The predicted octanol–water partition coefficient (Wildman–Crippen LogP) is 2.42. The minimum absolute atomic E-state index is 0.233. The van der Waals surface area contributed by atoms with Crippen molar-refractivity contribution in [2.45, 2.75) is 26.3 Å². The number of hydrogen-bond acceptors (Lipinski definition) is 3. The maximum Gasteiger partial charge on any atom is 0.164 e. The summed E-state index contributed by atoms with van der Waals surface area (Å²) in [4.78, 5) is 16.7. The van der Waals surface area contributed by atoms with Crippen LogP contribution < -0.4 is 4.90 Å². The molecule has 3 nitrogen and oxygen atoms in total. The molecule has 18 heavy (non-hydrogen) atoms. The highest BCUT2D eigenvalue weighted by Crippen LogP contribution is 2.25. The molecule has 1 aromatic carbocycles. The van der Waals surface area contributed by atoms with E-state index in [1.807, 2.05) is 25.1 Å². The zero-order valence-corrected chi connectivity index (χ0v) is 11.5. The van der Waals surface area contributed by atoms with Crippen molar-refractivity contribution >= 4 is 11.5 Å². The molecule has 0 radical (unpaired) electrons. The van der Waals surface area contributed by atoms with Gasteiger partial charge in [-0.3, -0.25) is 4.79 Å². The first-order chi connectivity index (χ1) is 8.63. The molecule has 0 spiro atoms. The van der Waals surface area contributed by atoms with Gasteiger partial charge in [0.2, 0.25) is 0 Å². The Morgan fingerprint density at radius 2 is 2.06 bits per heavy atom. The molecule has 1 fully saturated rings. The van der Waals surface area contributed by atoms with Gasteiger partial charge in [-0.05, 0) is 26.1 Å². The van der Waals surface area contributed by atoms with E-state index in [0.29, 0.717) is 12.5 Å². The monoisotopic (exact) mass is 246 g/mol. The smallest absolute Gasteiger partial charge is 0.164 e. The topological polar surface area (TPSA) is 23.6 Å². The van der Waals surface area contributed by atoms with Gasteiger partial charge in [0, 0.05) is 43.3 Å². The van der Waals surface area contributed by atoms with Crippen LogP contribution in [0.5, 0.6) is 0 Å². The molecule has 1 atom stereocenters. The number of Topliss-reactive ketones (excluding diaryl/α,β-unsaturated/α-hetero) is 1. The van der Waals surface area contributed by atoms with Crippen LogP contribution in [0.1, 0.15) is 30.6 Å². The number of ketones is 1. The number of nitrogens with zero attached hydrogens (tertiary/aromatic N) is 2. The van der Waals surface area contributed by atoms with Gasteiger partial charge in [-0.2, -0.15) is 0 Å². The Morgan fingerprint density at radius 3 is 2.72 bits per heavy atom. The number of para-hydroxylation sites is 1. The van der Waals surface area contributed by atoms with Crippen molar-refractivity contribution < 1.29 is 4.79 Å². The van der Waals surface area contributed by atoms with Crippen LogP contribution in [-0.2, 0) is 0 Å². The highest BCUT2D eigenvalue weighted by molar-refractivity contribution is 6.01. The zero-order chi connectivity index (χ0) is 13.1. The molecule has 0 aliphatic carbocycles. The largest absolute Gasteiger partial charge is 0.366 e. The predicted molar refractivity (Wildman–Crippen MR) is 75.4 cm³/mol. The summed E-state index contributed by atoms with van der Waals surface area (Å²) in [6.07, 6.45) is 0.569. The van der Waals surface area contributed by atoms with Crippen molar-refractivity contribution in [2.75, 3.05) is 31.6 Å². The van der Waals surface area contributed by atoms with Gasteiger partial charge < -0.3 is 9.80 Å². The summed E-state index contributed by atoms with van der Waals surface area (Å²) in [5, 5.41) is 0. The van der Waals surface area contributed by atoms with Crippen molar-refractivity contribution in [3.63, 3.8) is 0 Å². The molecule has 0 saturated carbocycles. The van der Waals surface area contributed by atoms with Gasteiger partial charge in [0.25, 0.3) is 0 Å². The second-order valence-electron chi connectivity index (χ2n) is 5.10. The fourth-order valence-corrected chi connectivity index (χ4v) is 2.65. The second-order valence-corrected chi connectivity index (χ2v) is 5.10. The number of anilines is 1. The Labute approximate surface area is 109 Å². The van der Waals surface area contributed by atoms with Gasteiger partial charge in [-0.15, -0.1) is 0 Å². The molecule has 0 aromatic heterocycles. The number of piperazine rings is 1. The van der Waals surface area contributed by atoms with Crippen LogP contribution in [0.4, 0.5) is 5.69 Å². The van der Waals surface area contributed by atoms with E-state index in [2.05, 4.69) is 29.8 Å². The molecule has 0 bridgehead atoms. The first-order valence-corrected chi connectivity index (χ1v) is 6.71. The minimum atomic E-state index is 0.233. The summed E-state index contributed by atoms with van der Waals surface area (Å²) >= 11 is 0. The van der Waals surface area contributed by atoms with E-state index in [0.717, 1.165) is 30.9 Å². The second kappa shape index (κ2) is 5.53. The Balaban J connectivity index is 2.30. The normalized spacial score (nSPS) is 21.1. The van der Waals surface area contributed by atoms with Gasteiger partial charge in [0.1, 0.15) is 0 Å². The molecule has 3 heteroatoms. The molecule has 1 aliphatic rings. The van der Waals surface area contributed by atoms with Crippen molar-refractivity contribution in [3.8, 4) is 0 Å². The van der Waals surface area contributed by atoms with E-state index in [1.54, 1.807) is 0 Å². The van der Waals surface area contributed by atoms with E-state index in [9.17, 15) is 4.79 Å². The Morgan fingerprint density at radius 1 is 1.33 bits per heavy atom. The lowest BCUT2D eigenvalue weighted by Gasteiger charge is -2.40. The summed E-state index contributed by atoms with van der Waals surface area (Å²) in [5.41, 5.74) is 1.97. The van der Waals surface area contributed by atoms with Crippen LogP contribution in [0.3, 0.4) is 0 Å². The number of carbonyl (C=O) groups excluding carboxylic acids is 1. The number of rotatable bonds is 3. The maximum atomic E-state index is 12.0. The average molecular weight is 246 g/mol. The maximum absolute atomic E-state index is 12.0. The third-order valence-corrected chi connectivity index (χ3v) is 3.67. The lowest BCUT2D eigenvalue weighted by molar-refractivity contribution is 0.0988. The molecule has 1 saturated heterocycles. The fraction of sp³-hybridized carbons (Fsp3) is 0.533. The Kier molecular flexibility index (Phi) is 4.02.